The Hall–Kier alpha value is -2.27. The molecule has 1 aromatic rings. The summed E-state index contributed by atoms with van der Waals surface area (Å²) in [4.78, 5) is 25.2. The normalized spacial score (nSPS) is 17.9. The van der Waals surface area contributed by atoms with Crippen molar-refractivity contribution in [1.82, 2.24) is 10.2 Å². The fourth-order valence-electron chi connectivity index (χ4n) is 1.82. The topological polar surface area (TPSA) is 49.4 Å². The van der Waals surface area contributed by atoms with Crippen LogP contribution in [-0.2, 0) is 9.59 Å². The van der Waals surface area contributed by atoms with Crippen LogP contribution in [0.3, 0.4) is 0 Å². The van der Waals surface area contributed by atoms with Crippen LogP contribution in [0.2, 0.25) is 0 Å². The molecule has 5 heteroatoms. The van der Waals surface area contributed by atoms with E-state index in [1.807, 2.05) is 36.4 Å². The maximum absolute atomic E-state index is 12.1. The molecule has 0 spiro atoms. The van der Waals surface area contributed by atoms with Crippen LogP contribution in [0.25, 0.3) is 6.08 Å². The van der Waals surface area contributed by atoms with Gasteiger partial charge in [-0.15, -0.1) is 0 Å². The summed E-state index contributed by atoms with van der Waals surface area (Å²) in [6.07, 6.45) is 5.02. The second-order valence-corrected chi connectivity index (χ2v) is 4.55. The lowest BCUT2D eigenvalue weighted by molar-refractivity contribution is -0.128. The van der Waals surface area contributed by atoms with E-state index >= 15 is 0 Å². The highest BCUT2D eigenvalue weighted by Crippen LogP contribution is 2.10. The van der Waals surface area contributed by atoms with Crippen LogP contribution < -0.4 is 5.32 Å². The van der Waals surface area contributed by atoms with E-state index in [-0.39, 0.29) is 16.6 Å². The molecule has 0 radical (unpaired) electrons. The zero-order chi connectivity index (χ0) is 14.5. The minimum atomic E-state index is -0.456. The van der Waals surface area contributed by atoms with Gasteiger partial charge in [0.05, 0.1) is 0 Å². The van der Waals surface area contributed by atoms with Crippen LogP contribution in [0.1, 0.15) is 12.5 Å². The highest BCUT2D eigenvalue weighted by molar-refractivity contribution is 7.80. The van der Waals surface area contributed by atoms with Gasteiger partial charge in [0.1, 0.15) is 5.57 Å². The lowest BCUT2D eigenvalue weighted by Crippen LogP contribution is -2.53. The van der Waals surface area contributed by atoms with E-state index in [1.165, 1.54) is 11.0 Å². The average Bonchev–Trinajstić information content (AvgIpc) is 2.44. The molecule has 0 unspecified atom stereocenters. The summed E-state index contributed by atoms with van der Waals surface area (Å²) < 4.78 is 0. The summed E-state index contributed by atoms with van der Waals surface area (Å²) in [7, 11) is 0. The number of thiocarbonyl (C=S) groups is 1. The van der Waals surface area contributed by atoms with E-state index in [2.05, 4.69) is 5.32 Å². The van der Waals surface area contributed by atoms with Gasteiger partial charge in [0.15, 0.2) is 5.11 Å². The van der Waals surface area contributed by atoms with Gasteiger partial charge in [-0.1, -0.05) is 42.5 Å². The van der Waals surface area contributed by atoms with Crippen LogP contribution >= 0.6 is 12.2 Å². The molecule has 2 amide bonds. The van der Waals surface area contributed by atoms with Gasteiger partial charge in [0.2, 0.25) is 0 Å². The van der Waals surface area contributed by atoms with E-state index in [4.69, 9.17) is 12.2 Å². The number of nitrogens with zero attached hydrogens (tertiary/aromatic N) is 1. The minimum Gasteiger partial charge on any atom is -0.298 e. The van der Waals surface area contributed by atoms with Gasteiger partial charge in [-0.25, -0.2) is 0 Å². The summed E-state index contributed by atoms with van der Waals surface area (Å²) in [6.45, 7) is 2.23. The summed E-state index contributed by atoms with van der Waals surface area (Å²) in [5.74, 6) is -0.818. The van der Waals surface area contributed by atoms with E-state index < -0.39 is 5.91 Å². The largest absolute Gasteiger partial charge is 0.298 e. The summed E-state index contributed by atoms with van der Waals surface area (Å²) >= 11 is 4.95. The first-order valence-corrected chi connectivity index (χ1v) is 6.65. The molecular formula is C15H14N2O2S. The Morgan fingerprint density at radius 1 is 1.25 bits per heavy atom. The maximum Gasteiger partial charge on any atom is 0.265 e. The minimum absolute atomic E-state index is 0.0904. The molecule has 1 N–H and O–H groups in total. The van der Waals surface area contributed by atoms with Gasteiger partial charge in [-0.2, -0.15) is 0 Å². The van der Waals surface area contributed by atoms with Gasteiger partial charge in [-0.05, 0) is 30.8 Å². The SMILES string of the molecule is CCN1C(=O)C(=CC=Cc2ccccc2)C(=O)NC1=S. The molecule has 0 saturated carbocycles. The molecule has 0 aliphatic carbocycles. The number of rotatable bonds is 3. The molecule has 20 heavy (non-hydrogen) atoms. The predicted molar refractivity (Wildman–Crippen MR) is 81.7 cm³/mol. The van der Waals surface area contributed by atoms with E-state index in [1.54, 1.807) is 13.0 Å². The van der Waals surface area contributed by atoms with Crippen molar-refractivity contribution < 1.29 is 9.59 Å². The molecule has 0 bridgehead atoms. The standard InChI is InChI=1S/C15H14N2O2S/c1-2-17-14(19)12(13(18)16-15(17)20)10-6-9-11-7-4-3-5-8-11/h3-10H,2H2,1H3,(H,16,18,20). The quantitative estimate of drug-likeness (QED) is 0.524. The zero-order valence-corrected chi connectivity index (χ0v) is 11.8. The summed E-state index contributed by atoms with van der Waals surface area (Å²) in [5.41, 5.74) is 1.09. The second-order valence-electron chi connectivity index (χ2n) is 4.16. The molecule has 1 aliphatic rings. The number of carbonyl (C=O) groups is 2. The number of carbonyl (C=O) groups excluding carboxylic acids is 2. The van der Waals surface area contributed by atoms with Crippen molar-refractivity contribution in [2.24, 2.45) is 0 Å². The van der Waals surface area contributed by atoms with Gasteiger partial charge < -0.3 is 0 Å². The molecular weight excluding hydrogens is 272 g/mol. The third-order valence-electron chi connectivity index (χ3n) is 2.85. The summed E-state index contributed by atoms with van der Waals surface area (Å²) in [5, 5.41) is 2.66. The van der Waals surface area contributed by atoms with Crippen molar-refractivity contribution in [3.8, 4) is 0 Å². The fraction of sp³-hybridized carbons (Fsp3) is 0.133. The van der Waals surface area contributed by atoms with Crippen LogP contribution in [0.15, 0.2) is 48.1 Å². The Morgan fingerprint density at radius 2 is 1.95 bits per heavy atom. The Kier molecular flexibility index (Phi) is 4.42. The molecule has 1 aliphatic heterocycles. The lowest BCUT2D eigenvalue weighted by Gasteiger charge is -2.27. The van der Waals surface area contributed by atoms with Gasteiger partial charge in [-0.3, -0.25) is 19.8 Å². The molecule has 0 atom stereocenters. The number of nitrogens with one attached hydrogen (secondary N) is 1. The predicted octanol–water partition coefficient (Wildman–Crippen LogP) is 1.89. The van der Waals surface area contributed by atoms with Gasteiger partial charge in [0.25, 0.3) is 11.8 Å². The maximum atomic E-state index is 12.1. The van der Waals surface area contributed by atoms with Crippen LogP contribution in [0, 0.1) is 0 Å². The van der Waals surface area contributed by atoms with E-state index in [9.17, 15) is 9.59 Å². The van der Waals surface area contributed by atoms with Gasteiger partial charge >= 0.3 is 0 Å². The molecule has 0 aromatic heterocycles. The van der Waals surface area contributed by atoms with Crippen molar-refractivity contribution >= 4 is 35.2 Å². The van der Waals surface area contributed by atoms with Gasteiger partial charge in [0, 0.05) is 6.54 Å². The Balaban J connectivity index is 2.20. The van der Waals surface area contributed by atoms with Crippen molar-refractivity contribution in [2.45, 2.75) is 6.92 Å². The zero-order valence-electron chi connectivity index (χ0n) is 11.0. The molecule has 1 aromatic carbocycles. The summed E-state index contributed by atoms with van der Waals surface area (Å²) in [6, 6.07) is 9.63. The van der Waals surface area contributed by atoms with Crippen molar-refractivity contribution in [1.29, 1.82) is 0 Å². The van der Waals surface area contributed by atoms with Crippen molar-refractivity contribution in [3.63, 3.8) is 0 Å². The first-order chi connectivity index (χ1) is 9.63. The Bertz CT molecular complexity index is 606. The number of hydrogen-bond donors (Lipinski definition) is 1. The van der Waals surface area contributed by atoms with Crippen LogP contribution in [-0.4, -0.2) is 28.4 Å². The molecule has 1 heterocycles. The average molecular weight is 286 g/mol. The van der Waals surface area contributed by atoms with Crippen molar-refractivity contribution in [2.75, 3.05) is 6.54 Å². The molecule has 2 rings (SSSR count). The molecule has 1 saturated heterocycles. The third kappa shape index (κ3) is 3.00. The molecule has 4 nitrogen and oxygen atoms in total. The third-order valence-corrected chi connectivity index (χ3v) is 3.18. The number of benzene rings is 1. The van der Waals surface area contributed by atoms with Crippen LogP contribution in [0.4, 0.5) is 0 Å². The highest BCUT2D eigenvalue weighted by Gasteiger charge is 2.31. The van der Waals surface area contributed by atoms with Crippen molar-refractivity contribution in [3.05, 3.63) is 53.6 Å². The first kappa shape index (κ1) is 14.1. The molecule has 1 fully saturated rings. The number of amides is 2. The second kappa shape index (κ2) is 6.25. The Labute approximate surface area is 122 Å². The smallest absolute Gasteiger partial charge is 0.265 e. The Morgan fingerprint density at radius 3 is 2.60 bits per heavy atom. The lowest BCUT2D eigenvalue weighted by atomic mass is 10.1. The number of likely N-dealkylation sites (N-methyl/N-ethyl adjacent to an activating group) is 1. The number of hydrogen-bond acceptors (Lipinski definition) is 3. The monoisotopic (exact) mass is 286 g/mol. The molecule has 102 valence electrons. The fourth-order valence-corrected chi connectivity index (χ4v) is 2.13. The van der Waals surface area contributed by atoms with Crippen LogP contribution in [0.5, 0.6) is 0 Å². The number of allylic oxidation sites excluding steroid dienone is 2. The first-order valence-electron chi connectivity index (χ1n) is 6.24. The van der Waals surface area contributed by atoms with E-state index in [0.717, 1.165) is 5.56 Å². The van der Waals surface area contributed by atoms with E-state index in [0.29, 0.717) is 6.54 Å². The highest BCUT2D eigenvalue weighted by atomic mass is 32.1.